The molecule has 0 aliphatic heterocycles. The number of allylic oxidation sites excluding steroid dienone is 1. The van der Waals surface area contributed by atoms with Gasteiger partial charge < -0.3 is 9.84 Å². The molecule has 0 spiro atoms. The van der Waals surface area contributed by atoms with E-state index in [-0.39, 0.29) is 5.57 Å². The standard InChI is InChI=1S/C9H12O3/c1-5-7(8(10)12-4)9(3,11)6-2/h2,5,11H,1,3-4H3/b7-5-. The maximum atomic E-state index is 11.0. The highest BCUT2D eigenvalue weighted by molar-refractivity contribution is 5.91. The summed E-state index contributed by atoms with van der Waals surface area (Å²) in [5.41, 5.74) is -1.48. The van der Waals surface area contributed by atoms with Crippen molar-refractivity contribution in [3.63, 3.8) is 0 Å². The molecular formula is C9H12O3. The van der Waals surface area contributed by atoms with Gasteiger partial charge in [0.05, 0.1) is 12.7 Å². The number of ether oxygens (including phenoxy) is 1. The molecule has 0 radical (unpaired) electrons. The highest BCUT2D eigenvalue weighted by atomic mass is 16.5. The van der Waals surface area contributed by atoms with Crippen molar-refractivity contribution in [3.8, 4) is 12.3 Å². The van der Waals surface area contributed by atoms with Crippen molar-refractivity contribution in [1.29, 1.82) is 0 Å². The molecule has 0 heterocycles. The zero-order valence-electron chi connectivity index (χ0n) is 7.42. The van der Waals surface area contributed by atoms with Gasteiger partial charge in [0.1, 0.15) is 0 Å². The van der Waals surface area contributed by atoms with Crippen molar-refractivity contribution >= 4 is 5.97 Å². The van der Waals surface area contributed by atoms with Gasteiger partial charge in [0.15, 0.2) is 5.60 Å². The molecule has 0 amide bonds. The smallest absolute Gasteiger partial charge is 0.337 e. The molecule has 1 atom stereocenters. The molecular weight excluding hydrogens is 156 g/mol. The van der Waals surface area contributed by atoms with E-state index < -0.39 is 11.6 Å². The first-order valence-electron chi connectivity index (χ1n) is 3.44. The summed E-state index contributed by atoms with van der Waals surface area (Å²) in [4.78, 5) is 11.0. The van der Waals surface area contributed by atoms with Gasteiger partial charge in [-0.2, -0.15) is 0 Å². The van der Waals surface area contributed by atoms with Gasteiger partial charge in [-0.1, -0.05) is 12.0 Å². The van der Waals surface area contributed by atoms with E-state index in [1.807, 2.05) is 0 Å². The lowest BCUT2D eigenvalue weighted by molar-refractivity contribution is -0.137. The van der Waals surface area contributed by atoms with E-state index in [1.54, 1.807) is 6.92 Å². The molecule has 1 unspecified atom stereocenters. The molecule has 1 N–H and O–H groups in total. The fourth-order valence-electron chi connectivity index (χ4n) is 0.785. The minimum Gasteiger partial charge on any atom is -0.466 e. The summed E-state index contributed by atoms with van der Waals surface area (Å²) in [5.74, 6) is 1.48. The Labute approximate surface area is 72.0 Å². The minimum atomic E-state index is -1.55. The summed E-state index contributed by atoms with van der Waals surface area (Å²) in [5, 5.41) is 9.48. The maximum Gasteiger partial charge on any atom is 0.337 e. The number of hydrogen-bond donors (Lipinski definition) is 1. The number of esters is 1. The molecule has 0 fully saturated rings. The second kappa shape index (κ2) is 3.93. The largest absolute Gasteiger partial charge is 0.466 e. The van der Waals surface area contributed by atoms with E-state index in [0.717, 1.165) is 0 Å². The minimum absolute atomic E-state index is 0.0764. The normalized spacial score (nSPS) is 16.1. The summed E-state index contributed by atoms with van der Waals surface area (Å²) in [6.45, 7) is 2.97. The summed E-state index contributed by atoms with van der Waals surface area (Å²) in [6.07, 6.45) is 6.46. The van der Waals surface area contributed by atoms with Crippen LogP contribution in [0, 0.1) is 12.3 Å². The third-order valence-electron chi connectivity index (χ3n) is 1.50. The Hall–Kier alpha value is -1.27. The van der Waals surface area contributed by atoms with Gasteiger partial charge in [-0.25, -0.2) is 4.79 Å². The van der Waals surface area contributed by atoms with Crippen LogP contribution in [0.15, 0.2) is 11.6 Å². The van der Waals surface area contributed by atoms with Gasteiger partial charge in [-0.05, 0) is 13.8 Å². The number of aliphatic hydroxyl groups is 1. The average Bonchev–Trinajstić information content (AvgIpc) is 2.05. The fourth-order valence-corrected chi connectivity index (χ4v) is 0.785. The predicted molar refractivity (Wildman–Crippen MR) is 45.2 cm³/mol. The second-order valence-electron chi connectivity index (χ2n) is 2.41. The van der Waals surface area contributed by atoms with Gasteiger partial charge in [0, 0.05) is 0 Å². The Bertz CT molecular complexity index is 243. The summed E-state index contributed by atoms with van der Waals surface area (Å²) < 4.78 is 4.43. The summed E-state index contributed by atoms with van der Waals surface area (Å²) >= 11 is 0. The van der Waals surface area contributed by atoms with Crippen molar-refractivity contribution in [2.24, 2.45) is 0 Å². The van der Waals surface area contributed by atoms with Crippen LogP contribution in [-0.4, -0.2) is 23.8 Å². The Morgan fingerprint density at radius 3 is 2.50 bits per heavy atom. The molecule has 12 heavy (non-hydrogen) atoms. The number of carbonyl (C=O) groups is 1. The highest BCUT2D eigenvalue weighted by Crippen LogP contribution is 2.16. The SMILES string of the molecule is C#CC(C)(O)/C(=C\C)C(=O)OC. The molecule has 66 valence electrons. The van der Waals surface area contributed by atoms with E-state index in [2.05, 4.69) is 10.7 Å². The van der Waals surface area contributed by atoms with E-state index >= 15 is 0 Å². The molecule has 0 aromatic rings. The zero-order chi connectivity index (χ0) is 9.78. The molecule has 0 aliphatic carbocycles. The fraction of sp³-hybridized carbons (Fsp3) is 0.444. The maximum absolute atomic E-state index is 11.0. The molecule has 3 nitrogen and oxygen atoms in total. The van der Waals surface area contributed by atoms with Crippen molar-refractivity contribution < 1.29 is 14.6 Å². The van der Waals surface area contributed by atoms with Crippen molar-refractivity contribution in [2.75, 3.05) is 7.11 Å². The Morgan fingerprint density at radius 1 is 1.75 bits per heavy atom. The molecule has 0 aromatic heterocycles. The van der Waals surface area contributed by atoms with Crippen molar-refractivity contribution in [1.82, 2.24) is 0 Å². The molecule has 0 aliphatic rings. The van der Waals surface area contributed by atoms with Crippen LogP contribution in [0.5, 0.6) is 0 Å². The molecule has 0 bridgehead atoms. The molecule has 0 rings (SSSR count). The van der Waals surface area contributed by atoms with Crippen LogP contribution in [0.25, 0.3) is 0 Å². The number of methoxy groups -OCH3 is 1. The van der Waals surface area contributed by atoms with Crippen molar-refractivity contribution in [2.45, 2.75) is 19.4 Å². The quantitative estimate of drug-likeness (QED) is 0.371. The second-order valence-corrected chi connectivity index (χ2v) is 2.41. The number of rotatable bonds is 2. The molecule has 0 saturated carbocycles. The lowest BCUT2D eigenvalue weighted by Gasteiger charge is -2.17. The number of hydrogen-bond acceptors (Lipinski definition) is 3. The van der Waals surface area contributed by atoms with Crippen LogP contribution < -0.4 is 0 Å². The van der Waals surface area contributed by atoms with Crippen molar-refractivity contribution in [3.05, 3.63) is 11.6 Å². The third kappa shape index (κ3) is 2.11. The number of carbonyl (C=O) groups excluding carboxylic acids is 1. The molecule has 0 saturated heterocycles. The van der Waals surface area contributed by atoms with Gasteiger partial charge in [-0.3, -0.25) is 0 Å². The average molecular weight is 168 g/mol. The number of terminal acetylenes is 1. The monoisotopic (exact) mass is 168 g/mol. The van der Waals surface area contributed by atoms with Crippen LogP contribution in [-0.2, 0) is 9.53 Å². The summed E-state index contributed by atoms with van der Waals surface area (Å²) in [6, 6.07) is 0. The Balaban J connectivity index is 4.86. The topological polar surface area (TPSA) is 46.5 Å². The van der Waals surface area contributed by atoms with Crippen LogP contribution in [0.2, 0.25) is 0 Å². The molecule has 0 aromatic carbocycles. The van der Waals surface area contributed by atoms with Crippen LogP contribution in [0.1, 0.15) is 13.8 Å². The molecule has 3 heteroatoms. The van der Waals surface area contributed by atoms with E-state index in [0.29, 0.717) is 0 Å². The first kappa shape index (κ1) is 10.7. The van der Waals surface area contributed by atoms with Crippen LogP contribution in [0.4, 0.5) is 0 Å². The van der Waals surface area contributed by atoms with Gasteiger partial charge in [0.2, 0.25) is 0 Å². The van der Waals surface area contributed by atoms with Gasteiger partial charge in [-0.15, -0.1) is 6.42 Å². The van der Waals surface area contributed by atoms with Crippen LogP contribution >= 0.6 is 0 Å². The van der Waals surface area contributed by atoms with E-state index in [9.17, 15) is 9.90 Å². The highest BCUT2D eigenvalue weighted by Gasteiger charge is 2.28. The van der Waals surface area contributed by atoms with Gasteiger partial charge >= 0.3 is 5.97 Å². The Kier molecular flexibility index (Phi) is 3.52. The zero-order valence-corrected chi connectivity index (χ0v) is 7.42. The van der Waals surface area contributed by atoms with Crippen LogP contribution in [0.3, 0.4) is 0 Å². The predicted octanol–water partition coefficient (Wildman–Crippen LogP) is 0.490. The first-order valence-corrected chi connectivity index (χ1v) is 3.44. The summed E-state index contributed by atoms with van der Waals surface area (Å²) in [7, 11) is 1.23. The Morgan fingerprint density at radius 2 is 2.25 bits per heavy atom. The van der Waals surface area contributed by atoms with E-state index in [4.69, 9.17) is 6.42 Å². The lowest BCUT2D eigenvalue weighted by Crippen LogP contribution is -2.30. The third-order valence-corrected chi connectivity index (χ3v) is 1.50. The van der Waals surface area contributed by atoms with Gasteiger partial charge in [0.25, 0.3) is 0 Å². The van der Waals surface area contributed by atoms with E-state index in [1.165, 1.54) is 20.1 Å². The lowest BCUT2D eigenvalue weighted by atomic mass is 9.97. The first-order chi connectivity index (χ1) is 5.49.